The van der Waals surface area contributed by atoms with Gasteiger partial charge in [-0.1, -0.05) is 0 Å². The van der Waals surface area contributed by atoms with Gasteiger partial charge in [0.25, 0.3) is 0 Å². The maximum atomic E-state index is 14.4. The second-order valence-electron chi connectivity index (χ2n) is 7.63. The minimum absolute atomic E-state index is 0.0523. The number of nitriles is 1. The molecule has 0 bridgehead atoms. The van der Waals surface area contributed by atoms with Crippen molar-refractivity contribution in [3.05, 3.63) is 65.7 Å². The molecule has 0 saturated carbocycles. The molecule has 0 saturated heterocycles. The number of aromatic nitrogens is 4. The normalized spacial score (nSPS) is 13.1. The van der Waals surface area contributed by atoms with Crippen molar-refractivity contribution in [2.45, 2.75) is 31.0 Å². The van der Waals surface area contributed by atoms with Gasteiger partial charge in [-0.05, 0) is 55.8 Å². The van der Waals surface area contributed by atoms with E-state index in [9.17, 15) is 31.2 Å². The highest BCUT2D eigenvalue weighted by Gasteiger charge is 2.39. The maximum absolute atomic E-state index is 14.4. The highest BCUT2D eigenvalue weighted by molar-refractivity contribution is 7.89. The Morgan fingerprint density at radius 3 is 2.51 bits per heavy atom. The van der Waals surface area contributed by atoms with Gasteiger partial charge in [0, 0.05) is 17.8 Å². The number of benzene rings is 1. The topological polar surface area (TPSA) is 114 Å². The van der Waals surface area contributed by atoms with E-state index in [2.05, 4.69) is 15.2 Å². The number of hydrogen-bond acceptors (Lipinski definition) is 6. The molecule has 0 radical (unpaired) electrons. The lowest BCUT2D eigenvalue weighted by Crippen LogP contribution is -2.42. The summed E-state index contributed by atoms with van der Waals surface area (Å²) in [6.45, 7) is 2.24. The third kappa shape index (κ3) is 4.45. The lowest BCUT2D eigenvalue weighted by atomic mass is 10.1. The Labute approximate surface area is 196 Å². The summed E-state index contributed by atoms with van der Waals surface area (Å²) in [5.41, 5.74) is 1.11. The van der Waals surface area contributed by atoms with E-state index in [1.165, 1.54) is 29.0 Å². The Morgan fingerprint density at radius 1 is 1.20 bits per heavy atom. The van der Waals surface area contributed by atoms with Crippen LogP contribution in [0, 0.1) is 24.1 Å². The van der Waals surface area contributed by atoms with Crippen LogP contribution in [0.5, 0.6) is 0 Å². The molecule has 0 amide bonds. The van der Waals surface area contributed by atoms with Crippen molar-refractivity contribution in [3.63, 3.8) is 0 Å². The van der Waals surface area contributed by atoms with Crippen LogP contribution < -0.4 is 4.72 Å². The third-order valence-corrected chi connectivity index (χ3v) is 6.78. The molecule has 3 heterocycles. The molecule has 8 nitrogen and oxygen atoms in total. The Morgan fingerprint density at radius 2 is 1.94 bits per heavy atom. The van der Waals surface area contributed by atoms with Crippen molar-refractivity contribution in [1.29, 1.82) is 5.26 Å². The summed E-state index contributed by atoms with van der Waals surface area (Å²) in [6, 6.07) is 7.99. The molecule has 1 aromatic carbocycles. The molecule has 1 N–H and O–H groups in total. The van der Waals surface area contributed by atoms with Gasteiger partial charge < -0.3 is 0 Å². The average molecular weight is 504 g/mol. The fraction of sp³-hybridized carbons (Fsp3) is 0.182. The zero-order valence-electron chi connectivity index (χ0n) is 18.2. The van der Waals surface area contributed by atoms with Crippen LogP contribution >= 0.6 is 0 Å². The highest BCUT2D eigenvalue weighted by atomic mass is 32.2. The number of alkyl halides is 3. The fourth-order valence-electron chi connectivity index (χ4n) is 3.46. The van der Waals surface area contributed by atoms with E-state index in [0.717, 1.165) is 12.3 Å². The molecule has 3 aromatic heterocycles. The van der Waals surface area contributed by atoms with E-state index in [1.807, 2.05) is 6.07 Å². The highest BCUT2D eigenvalue weighted by Crippen LogP contribution is 2.36. The Kier molecular flexibility index (Phi) is 6.04. The van der Waals surface area contributed by atoms with Crippen molar-refractivity contribution in [3.8, 4) is 23.3 Å². The van der Waals surface area contributed by atoms with Crippen LogP contribution in [0.3, 0.4) is 0 Å². The Bertz CT molecular complexity index is 1560. The molecule has 4 rings (SSSR count). The van der Waals surface area contributed by atoms with Gasteiger partial charge in [-0.2, -0.15) is 28.3 Å². The number of nitrogens with zero attached hydrogens (tertiary/aromatic N) is 5. The number of rotatable bonds is 5. The predicted octanol–water partition coefficient (Wildman–Crippen LogP) is 4.03. The first-order chi connectivity index (χ1) is 16.4. The lowest BCUT2D eigenvalue weighted by molar-refractivity contribution is -0.147. The zero-order valence-corrected chi connectivity index (χ0v) is 19.0. The van der Waals surface area contributed by atoms with Crippen LogP contribution in [0.15, 0.2) is 53.7 Å². The quantitative estimate of drug-likeness (QED) is 0.411. The monoisotopic (exact) mass is 504 g/mol. The molecule has 13 heteroatoms. The molecule has 35 heavy (non-hydrogen) atoms. The van der Waals surface area contributed by atoms with Crippen molar-refractivity contribution >= 4 is 20.9 Å². The van der Waals surface area contributed by atoms with Crippen LogP contribution in [-0.4, -0.2) is 40.4 Å². The molecular weight excluding hydrogens is 488 g/mol. The van der Waals surface area contributed by atoms with E-state index in [1.54, 1.807) is 23.8 Å². The van der Waals surface area contributed by atoms with Gasteiger partial charge in [-0.3, -0.25) is 9.55 Å². The number of sulfonamides is 1. The number of halogens is 4. The summed E-state index contributed by atoms with van der Waals surface area (Å²) in [4.78, 5) is 3.61. The van der Waals surface area contributed by atoms with E-state index in [4.69, 9.17) is 0 Å². The molecule has 0 fully saturated rings. The molecule has 0 aliphatic heterocycles. The van der Waals surface area contributed by atoms with Gasteiger partial charge in [0.2, 0.25) is 10.0 Å². The van der Waals surface area contributed by atoms with Crippen molar-refractivity contribution < 1.29 is 26.0 Å². The van der Waals surface area contributed by atoms with Gasteiger partial charge in [0.05, 0.1) is 22.5 Å². The number of fused-ring (bicyclic) bond motifs is 1. The molecule has 0 aliphatic carbocycles. The smallest absolute Gasteiger partial charge is 0.289 e. The second-order valence-corrected chi connectivity index (χ2v) is 9.35. The number of hydrogen-bond donors (Lipinski definition) is 1. The molecule has 0 spiro atoms. The van der Waals surface area contributed by atoms with Gasteiger partial charge in [0.1, 0.15) is 22.8 Å². The summed E-state index contributed by atoms with van der Waals surface area (Å²) in [5, 5.41) is 18.1. The minimum Gasteiger partial charge on any atom is -0.289 e. The van der Waals surface area contributed by atoms with E-state index in [-0.39, 0.29) is 22.3 Å². The van der Waals surface area contributed by atoms with E-state index < -0.39 is 33.0 Å². The summed E-state index contributed by atoms with van der Waals surface area (Å²) < 4.78 is 80.7. The molecule has 0 aliphatic rings. The summed E-state index contributed by atoms with van der Waals surface area (Å²) >= 11 is 0. The zero-order chi connectivity index (χ0) is 25.5. The number of aryl methyl sites for hydroxylation is 1. The van der Waals surface area contributed by atoms with Gasteiger partial charge in [-0.25, -0.2) is 12.8 Å². The van der Waals surface area contributed by atoms with Crippen LogP contribution in [0.1, 0.15) is 18.1 Å². The van der Waals surface area contributed by atoms with Crippen LogP contribution in [0.4, 0.5) is 17.6 Å². The molecule has 1 atom stereocenters. The van der Waals surface area contributed by atoms with Crippen LogP contribution in [0.2, 0.25) is 0 Å². The van der Waals surface area contributed by atoms with Crippen LogP contribution in [0.25, 0.3) is 28.1 Å². The SMILES string of the molecule is Cc1cc2c(cc1F)c(C#N)c(-c1ccc(S(=O)(=O)NC(C)C(F)(F)F)cn1)n2-c1cccnn1. The van der Waals surface area contributed by atoms with E-state index >= 15 is 0 Å². The second kappa shape index (κ2) is 8.71. The molecule has 4 aromatic rings. The summed E-state index contributed by atoms with van der Waals surface area (Å²) in [6.07, 6.45) is -2.45. The Hall–Kier alpha value is -3.89. The van der Waals surface area contributed by atoms with Crippen molar-refractivity contribution in [1.82, 2.24) is 24.5 Å². The van der Waals surface area contributed by atoms with Gasteiger partial charge in [0.15, 0.2) is 5.82 Å². The summed E-state index contributed by atoms with van der Waals surface area (Å²) in [7, 11) is -4.53. The Balaban J connectivity index is 1.90. The predicted molar refractivity (Wildman–Crippen MR) is 117 cm³/mol. The number of pyridine rings is 1. The fourth-order valence-corrected chi connectivity index (χ4v) is 4.64. The minimum atomic E-state index is -4.77. The first-order valence-electron chi connectivity index (χ1n) is 10.0. The molecular formula is C22H16F4N6O2S. The van der Waals surface area contributed by atoms with Gasteiger partial charge >= 0.3 is 6.18 Å². The summed E-state index contributed by atoms with van der Waals surface area (Å²) in [5.74, 6) is -0.240. The van der Waals surface area contributed by atoms with Gasteiger partial charge in [-0.15, -0.1) is 5.10 Å². The van der Waals surface area contributed by atoms with E-state index in [0.29, 0.717) is 23.8 Å². The average Bonchev–Trinajstić information content (AvgIpc) is 3.12. The standard InChI is InChI=1S/C22H16F4N6O2S/c1-12-8-19-15(9-17(12)23)16(10-27)21(32(19)20-4-3-7-29-30-20)18-6-5-14(11-28-18)35(33,34)31-13(2)22(24,25)26/h3-9,11,13,31H,1-2H3. The van der Waals surface area contributed by atoms with Crippen molar-refractivity contribution in [2.75, 3.05) is 0 Å². The largest absolute Gasteiger partial charge is 0.404 e. The maximum Gasteiger partial charge on any atom is 0.404 e. The first kappa shape index (κ1) is 24.2. The first-order valence-corrected chi connectivity index (χ1v) is 11.5. The third-order valence-electron chi connectivity index (χ3n) is 5.26. The molecule has 180 valence electrons. The molecule has 1 unspecified atom stereocenters. The lowest BCUT2D eigenvalue weighted by Gasteiger charge is -2.17. The van der Waals surface area contributed by atoms with Crippen LogP contribution in [-0.2, 0) is 10.0 Å². The number of nitrogens with one attached hydrogen (secondary N) is 1. The van der Waals surface area contributed by atoms with Crippen molar-refractivity contribution in [2.24, 2.45) is 0 Å².